The largest absolute Gasteiger partial charge is 0.444 e. The summed E-state index contributed by atoms with van der Waals surface area (Å²) >= 11 is 0. The van der Waals surface area contributed by atoms with E-state index < -0.39 is 27.0 Å². The number of likely N-dealkylation sites (tertiary alicyclic amines) is 1. The Hall–Kier alpha value is -5.34. The van der Waals surface area contributed by atoms with Gasteiger partial charge in [0.05, 0.1) is 21.2 Å². The van der Waals surface area contributed by atoms with E-state index in [1.54, 1.807) is 38.7 Å². The molecule has 244 valence electrons. The van der Waals surface area contributed by atoms with E-state index in [0.29, 0.717) is 64.8 Å². The molecule has 1 amide bonds. The highest BCUT2D eigenvalue weighted by molar-refractivity contribution is 5.76. The van der Waals surface area contributed by atoms with Gasteiger partial charge in [0.2, 0.25) is 5.82 Å². The Balaban J connectivity index is 0.000000240. The fraction of sp³-hybridized carbons (Fsp3) is 0.387. The number of nitrogens with one attached hydrogen (secondary N) is 1. The van der Waals surface area contributed by atoms with E-state index in [-0.39, 0.29) is 17.8 Å². The van der Waals surface area contributed by atoms with Crippen molar-refractivity contribution >= 4 is 23.2 Å². The number of nitro benzene ring substituents is 2. The third kappa shape index (κ3) is 7.65. The summed E-state index contributed by atoms with van der Waals surface area (Å²) in [5.41, 5.74) is 3.20. The van der Waals surface area contributed by atoms with E-state index in [9.17, 15) is 29.4 Å². The topological polar surface area (TPSA) is 180 Å². The Morgan fingerprint density at radius 2 is 1.46 bits per heavy atom. The Labute approximate surface area is 263 Å². The fourth-order valence-corrected chi connectivity index (χ4v) is 5.15. The molecule has 14 nitrogen and oxygen atoms in total. The molecule has 1 N–H and O–H groups in total. The molecule has 1 fully saturated rings. The molecule has 0 unspecified atom stereocenters. The minimum Gasteiger partial charge on any atom is -0.444 e. The minimum atomic E-state index is -0.856. The van der Waals surface area contributed by atoms with Crippen LogP contribution in [0, 0.1) is 53.7 Å². The van der Waals surface area contributed by atoms with E-state index in [2.05, 4.69) is 15.6 Å². The zero-order valence-corrected chi connectivity index (χ0v) is 26.5. The van der Waals surface area contributed by atoms with E-state index in [1.807, 2.05) is 26.8 Å². The first-order chi connectivity index (χ1) is 21.6. The summed E-state index contributed by atoms with van der Waals surface area (Å²) in [6.45, 7) is 13.4. The maximum Gasteiger partial charge on any atom is 0.410 e. The molecular weight excluding hydrogens is 603 g/mol. The molecule has 1 atom stereocenters. The van der Waals surface area contributed by atoms with Crippen molar-refractivity contribution in [3.63, 3.8) is 0 Å². The van der Waals surface area contributed by atoms with Crippen LogP contribution in [0.2, 0.25) is 0 Å². The number of rotatable bonds is 6. The molecule has 0 spiro atoms. The van der Waals surface area contributed by atoms with Gasteiger partial charge in [-0.1, -0.05) is 22.4 Å². The van der Waals surface area contributed by atoms with Crippen LogP contribution in [0.3, 0.4) is 0 Å². The standard InChI is InChI=1S/C20H26N4O5.C11H9FN2O3/c1-12-18(13(2)29-22-12)14-6-7-16(17(10-14)24(26)27)21-15-8-9-23(11-15)19(25)28-20(3,4)5;1-6-11(7(2)17-13-6)8-3-4-9(12)10(5-8)14(15)16/h6-7,10,15,21H,8-9,11H2,1-5H3;3-5H,1-2H3/t15-;/m1./s1. The molecule has 1 aliphatic rings. The number of carbonyl (C=O) groups excluding carboxylic acids is 1. The number of aryl methyl sites for hydroxylation is 4. The van der Waals surface area contributed by atoms with Crippen LogP contribution in [0.25, 0.3) is 22.3 Å². The number of nitro groups is 2. The predicted molar refractivity (Wildman–Crippen MR) is 166 cm³/mol. The van der Waals surface area contributed by atoms with E-state index >= 15 is 0 Å². The first kappa shape index (κ1) is 33.6. The van der Waals surface area contributed by atoms with Crippen LogP contribution in [0.5, 0.6) is 0 Å². The first-order valence-corrected chi connectivity index (χ1v) is 14.4. The molecule has 0 radical (unpaired) electrons. The molecule has 46 heavy (non-hydrogen) atoms. The second kappa shape index (κ2) is 13.3. The van der Waals surface area contributed by atoms with E-state index in [1.165, 1.54) is 18.2 Å². The van der Waals surface area contributed by atoms with Gasteiger partial charge in [0.1, 0.15) is 22.8 Å². The maximum atomic E-state index is 13.2. The SMILES string of the molecule is Cc1noc(C)c1-c1ccc(F)c([N+](=O)[O-])c1.Cc1noc(C)c1-c1ccc(N[C@@H]2CCN(C(=O)OC(C)(C)C)C2)c([N+](=O)[O-])c1. The van der Waals surface area contributed by atoms with Gasteiger partial charge in [0.15, 0.2) is 0 Å². The molecule has 2 aromatic carbocycles. The highest BCUT2D eigenvalue weighted by Crippen LogP contribution is 2.35. The summed E-state index contributed by atoms with van der Waals surface area (Å²) in [6.07, 6.45) is 0.312. The summed E-state index contributed by atoms with van der Waals surface area (Å²) in [6, 6.07) is 8.65. The lowest BCUT2D eigenvalue weighted by Crippen LogP contribution is -2.36. The molecular formula is C31H35FN6O8. The molecule has 5 rings (SSSR count). The van der Waals surface area contributed by atoms with Crippen LogP contribution < -0.4 is 5.32 Å². The summed E-state index contributed by atoms with van der Waals surface area (Å²) in [5, 5.41) is 33.2. The van der Waals surface area contributed by atoms with Crippen molar-refractivity contribution in [1.29, 1.82) is 0 Å². The quantitative estimate of drug-likeness (QED) is 0.165. The Morgan fingerprint density at radius 1 is 0.935 bits per heavy atom. The molecule has 1 saturated heterocycles. The lowest BCUT2D eigenvalue weighted by atomic mass is 10.0. The molecule has 0 aliphatic carbocycles. The Kier molecular flexibility index (Phi) is 9.73. The number of aromatic nitrogens is 2. The Morgan fingerprint density at radius 3 is 1.93 bits per heavy atom. The van der Waals surface area contributed by atoms with Gasteiger partial charge in [0, 0.05) is 42.4 Å². The van der Waals surface area contributed by atoms with Gasteiger partial charge in [-0.15, -0.1) is 0 Å². The van der Waals surface area contributed by atoms with Gasteiger partial charge in [-0.3, -0.25) is 20.2 Å². The summed E-state index contributed by atoms with van der Waals surface area (Å²) < 4.78 is 28.7. The number of hydrogen-bond donors (Lipinski definition) is 1. The highest BCUT2D eigenvalue weighted by Gasteiger charge is 2.31. The summed E-state index contributed by atoms with van der Waals surface area (Å²) in [4.78, 5) is 35.0. The molecule has 0 bridgehead atoms. The number of amides is 1. The maximum absolute atomic E-state index is 13.2. The van der Waals surface area contributed by atoms with Crippen molar-refractivity contribution < 1.29 is 32.8 Å². The minimum absolute atomic E-state index is 0.0294. The monoisotopic (exact) mass is 638 g/mol. The molecule has 4 aromatic rings. The number of carbonyl (C=O) groups is 1. The van der Waals surface area contributed by atoms with E-state index in [0.717, 1.165) is 11.6 Å². The Bertz CT molecular complexity index is 1740. The van der Waals surface area contributed by atoms with Gasteiger partial charge in [-0.25, -0.2) is 4.79 Å². The zero-order chi connectivity index (χ0) is 33.9. The molecule has 15 heteroatoms. The highest BCUT2D eigenvalue weighted by atomic mass is 19.1. The van der Waals surface area contributed by atoms with Gasteiger partial charge < -0.3 is 24.0 Å². The molecule has 0 saturated carbocycles. The average Bonchev–Trinajstić information content (AvgIpc) is 3.67. The van der Waals surface area contributed by atoms with Crippen molar-refractivity contribution in [3.8, 4) is 22.3 Å². The summed E-state index contributed by atoms with van der Waals surface area (Å²) in [5.74, 6) is 0.301. The lowest BCUT2D eigenvalue weighted by molar-refractivity contribution is -0.387. The second-order valence-corrected chi connectivity index (χ2v) is 11.9. The van der Waals surface area contributed by atoms with Crippen LogP contribution in [-0.2, 0) is 4.74 Å². The van der Waals surface area contributed by atoms with Crippen molar-refractivity contribution in [2.24, 2.45) is 0 Å². The van der Waals surface area contributed by atoms with Crippen molar-refractivity contribution in [2.45, 2.75) is 66.5 Å². The molecule has 1 aliphatic heterocycles. The van der Waals surface area contributed by atoms with Gasteiger partial charge in [-0.2, -0.15) is 4.39 Å². The summed E-state index contributed by atoms with van der Waals surface area (Å²) in [7, 11) is 0. The van der Waals surface area contributed by atoms with Crippen molar-refractivity contribution in [1.82, 2.24) is 15.2 Å². The van der Waals surface area contributed by atoms with Crippen LogP contribution in [0.15, 0.2) is 45.4 Å². The normalized spacial score (nSPS) is 14.4. The third-order valence-electron chi connectivity index (χ3n) is 7.18. The number of hydrogen-bond acceptors (Lipinski definition) is 11. The number of halogens is 1. The first-order valence-electron chi connectivity index (χ1n) is 14.4. The van der Waals surface area contributed by atoms with Crippen LogP contribution >= 0.6 is 0 Å². The van der Waals surface area contributed by atoms with Gasteiger partial charge in [0.25, 0.3) is 5.69 Å². The van der Waals surface area contributed by atoms with Gasteiger partial charge >= 0.3 is 11.8 Å². The fourth-order valence-electron chi connectivity index (χ4n) is 5.15. The average molecular weight is 639 g/mol. The van der Waals surface area contributed by atoms with Crippen molar-refractivity contribution in [2.75, 3.05) is 18.4 Å². The number of nitrogens with zero attached hydrogens (tertiary/aromatic N) is 5. The smallest absolute Gasteiger partial charge is 0.410 e. The van der Waals surface area contributed by atoms with Crippen LogP contribution in [0.1, 0.15) is 50.1 Å². The predicted octanol–water partition coefficient (Wildman–Crippen LogP) is 7.29. The number of benzene rings is 2. The van der Waals surface area contributed by atoms with Gasteiger partial charge in [-0.05, 0) is 78.1 Å². The molecule has 3 heterocycles. The second-order valence-electron chi connectivity index (χ2n) is 11.9. The lowest BCUT2D eigenvalue weighted by Gasteiger charge is -2.24. The zero-order valence-electron chi connectivity index (χ0n) is 26.5. The number of ether oxygens (including phenoxy) is 1. The number of anilines is 1. The van der Waals surface area contributed by atoms with Crippen LogP contribution in [0.4, 0.5) is 26.2 Å². The van der Waals surface area contributed by atoms with Crippen LogP contribution in [-0.4, -0.2) is 55.9 Å². The molecule has 2 aromatic heterocycles. The third-order valence-corrected chi connectivity index (χ3v) is 7.18. The van der Waals surface area contributed by atoms with E-state index in [4.69, 9.17) is 13.8 Å². The van der Waals surface area contributed by atoms with Crippen molar-refractivity contribution in [3.05, 3.63) is 85.4 Å².